The number of nitrogens with one attached hydrogen (secondary N) is 2. The van der Waals surface area contributed by atoms with Gasteiger partial charge < -0.3 is 10.1 Å². The molecule has 0 heterocycles. The van der Waals surface area contributed by atoms with E-state index in [-0.39, 0.29) is 11.8 Å². The van der Waals surface area contributed by atoms with Crippen molar-refractivity contribution in [2.24, 2.45) is 5.10 Å². The second-order valence-electron chi connectivity index (χ2n) is 6.81. The first-order valence-electron chi connectivity index (χ1n) is 9.61. The lowest BCUT2D eigenvalue weighted by Gasteiger charge is -2.11. The number of nitrogens with zero attached hydrogens (tertiary/aromatic N) is 1. The lowest BCUT2D eigenvalue weighted by Crippen LogP contribution is -2.20. The molecule has 0 unspecified atom stereocenters. The van der Waals surface area contributed by atoms with E-state index >= 15 is 0 Å². The van der Waals surface area contributed by atoms with Crippen LogP contribution >= 0.6 is 11.6 Å². The largest absolute Gasteiger partial charge is 0.488 e. The second-order valence-corrected chi connectivity index (χ2v) is 7.25. The molecule has 3 rings (SSSR count). The Balaban J connectivity index is 1.69. The summed E-state index contributed by atoms with van der Waals surface area (Å²) in [5, 5.41) is 7.57. The minimum Gasteiger partial charge on any atom is -0.488 e. The Morgan fingerprint density at radius 2 is 1.71 bits per heavy atom. The molecule has 0 aliphatic heterocycles. The molecule has 2 N–H and O–H groups in total. The van der Waals surface area contributed by atoms with Gasteiger partial charge in [-0.1, -0.05) is 48.0 Å². The lowest BCUT2D eigenvalue weighted by molar-refractivity contribution is -0.114. The first-order chi connectivity index (χ1) is 14.9. The van der Waals surface area contributed by atoms with Gasteiger partial charge in [-0.2, -0.15) is 5.10 Å². The molecule has 3 aromatic rings. The number of carbonyl (C=O) groups is 2. The molecule has 6 nitrogen and oxygen atoms in total. The summed E-state index contributed by atoms with van der Waals surface area (Å²) in [5.41, 5.74) is 5.91. The van der Waals surface area contributed by atoms with Crippen LogP contribution in [0, 0.1) is 0 Å². The van der Waals surface area contributed by atoms with E-state index in [1.165, 1.54) is 6.92 Å². The number of anilines is 1. The summed E-state index contributed by atoms with van der Waals surface area (Å²) >= 11 is 5.91. The van der Waals surface area contributed by atoms with Crippen molar-refractivity contribution >= 4 is 34.8 Å². The van der Waals surface area contributed by atoms with E-state index in [0.29, 0.717) is 34.3 Å². The van der Waals surface area contributed by atoms with Crippen LogP contribution in [0.3, 0.4) is 0 Å². The number of halogens is 1. The van der Waals surface area contributed by atoms with Gasteiger partial charge in [0.15, 0.2) is 0 Å². The van der Waals surface area contributed by atoms with Gasteiger partial charge in [-0.05, 0) is 54.4 Å². The molecule has 3 aromatic carbocycles. The Hall–Kier alpha value is -3.64. The third-order valence-corrected chi connectivity index (χ3v) is 4.62. The van der Waals surface area contributed by atoms with Gasteiger partial charge >= 0.3 is 0 Å². The number of hydrogen-bond donors (Lipinski definition) is 2. The topological polar surface area (TPSA) is 79.8 Å². The van der Waals surface area contributed by atoms with Crippen molar-refractivity contribution in [1.29, 1.82) is 0 Å². The Labute approximate surface area is 185 Å². The van der Waals surface area contributed by atoms with Gasteiger partial charge in [-0.3, -0.25) is 9.59 Å². The standard InChI is InChI=1S/C24H22ClN3O3/c1-16(19-6-5-7-21(14-19)26-17(2)29)27-28-24(30)22-8-3-4-9-23(22)31-15-18-10-12-20(25)13-11-18/h3-14H,15H2,1-2H3,(H,26,29)(H,28,30)/b27-16-. The maximum atomic E-state index is 12.7. The van der Waals surface area contributed by atoms with Crippen molar-refractivity contribution in [1.82, 2.24) is 5.43 Å². The van der Waals surface area contributed by atoms with E-state index in [9.17, 15) is 9.59 Å². The molecule has 0 radical (unpaired) electrons. The molecule has 0 aliphatic carbocycles. The van der Waals surface area contributed by atoms with Gasteiger partial charge in [0, 0.05) is 17.6 Å². The number of carbonyl (C=O) groups excluding carboxylic acids is 2. The number of hydrogen-bond acceptors (Lipinski definition) is 4. The van der Waals surface area contributed by atoms with Gasteiger partial charge in [0.05, 0.1) is 11.3 Å². The van der Waals surface area contributed by atoms with Crippen molar-refractivity contribution in [3.05, 3.63) is 94.5 Å². The second kappa shape index (κ2) is 10.4. The van der Waals surface area contributed by atoms with E-state index in [1.54, 1.807) is 61.5 Å². The third kappa shape index (κ3) is 6.42. The zero-order valence-electron chi connectivity index (χ0n) is 17.2. The average molecular weight is 436 g/mol. The van der Waals surface area contributed by atoms with E-state index in [0.717, 1.165) is 11.1 Å². The van der Waals surface area contributed by atoms with Gasteiger partial charge in [-0.15, -0.1) is 0 Å². The van der Waals surface area contributed by atoms with Crippen molar-refractivity contribution in [3.63, 3.8) is 0 Å². The van der Waals surface area contributed by atoms with Crippen molar-refractivity contribution in [2.45, 2.75) is 20.5 Å². The van der Waals surface area contributed by atoms with Crippen LogP contribution in [-0.4, -0.2) is 17.5 Å². The third-order valence-electron chi connectivity index (χ3n) is 4.37. The van der Waals surface area contributed by atoms with Crippen molar-refractivity contribution < 1.29 is 14.3 Å². The highest BCUT2D eigenvalue weighted by molar-refractivity contribution is 6.30. The highest BCUT2D eigenvalue weighted by Gasteiger charge is 2.12. The Morgan fingerprint density at radius 3 is 2.45 bits per heavy atom. The quantitative estimate of drug-likeness (QED) is 0.403. The summed E-state index contributed by atoms with van der Waals surface area (Å²) in [7, 11) is 0. The maximum Gasteiger partial charge on any atom is 0.275 e. The minimum absolute atomic E-state index is 0.157. The van der Waals surface area contributed by atoms with E-state index < -0.39 is 0 Å². The molecule has 7 heteroatoms. The van der Waals surface area contributed by atoms with Gasteiger partial charge in [0.25, 0.3) is 5.91 Å². The van der Waals surface area contributed by atoms with Crippen molar-refractivity contribution in [2.75, 3.05) is 5.32 Å². The fourth-order valence-corrected chi connectivity index (χ4v) is 2.93. The van der Waals surface area contributed by atoms with Crippen LogP contribution in [0.4, 0.5) is 5.69 Å². The first-order valence-corrected chi connectivity index (χ1v) is 9.99. The molecule has 0 aliphatic rings. The zero-order valence-corrected chi connectivity index (χ0v) is 17.9. The van der Waals surface area contributed by atoms with Gasteiger partial charge in [0.2, 0.25) is 5.91 Å². The first kappa shape index (κ1) is 22.1. The van der Waals surface area contributed by atoms with Crippen LogP contribution in [0.5, 0.6) is 5.75 Å². The number of rotatable bonds is 7. The van der Waals surface area contributed by atoms with E-state index in [2.05, 4.69) is 15.8 Å². The van der Waals surface area contributed by atoms with Crippen LogP contribution in [-0.2, 0) is 11.4 Å². The zero-order chi connectivity index (χ0) is 22.2. The Kier molecular flexibility index (Phi) is 7.40. The summed E-state index contributed by atoms with van der Waals surface area (Å²) in [4.78, 5) is 23.9. The van der Waals surface area contributed by atoms with Crippen LogP contribution in [0.25, 0.3) is 0 Å². The highest BCUT2D eigenvalue weighted by atomic mass is 35.5. The molecule has 0 atom stereocenters. The summed E-state index contributed by atoms with van der Waals surface area (Å²) < 4.78 is 5.84. The normalized spacial score (nSPS) is 11.0. The van der Waals surface area contributed by atoms with E-state index in [1.807, 2.05) is 18.2 Å². The van der Waals surface area contributed by atoms with Crippen molar-refractivity contribution in [3.8, 4) is 5.75 Å². The molecule has 0 fully saturated rings. The average Bonchev–Trinajstić information content (AvgIpc) is 2.77. The molecule has 0 spiro atoms. The van der Waals surface area contributed by atoms with Crippen LogP contribution < -0.4 is 15.5 Å². The van der Waals surface area contributed by atoms with E-state index in [4.69, 9.17) is 16.3 Å². The maximum absolute atomic E-state index is 12.7. The molecule has 0 saturated heterocycles. The fourth-order valence-electron chi connectivity index (χ4n) is 2.81. The molecular formula is C24H22ClN3O3. The molecule has 31 heavy (non-hydrogen) atoms. The highest BCUT2D eigenvalue weighted by Crippen LogP contribution is 2.20. The SMILES string of the molecule is CC(=O)Nc1cccc(/C(C)=N\NC(=O)c2ccccc2OCc2ccc(Cl)cc2)c1. The molecule has 158 valence electrons. The minimum atomic E-state index is -0.385. The molecule has 0 saturated carbocycles. The molecule has 2 amide bonds. The van der Waals surface area contributed by atoms with Crippen LogP contribution in [0.15, 0.2) is 77.9 Å². The fraction of sp³-hybridized carbons (Fsp3) is 0.125. The molecule has 0 aromatic heterocycles. The monoisotopic (exact) mass is 435 g/mol. The number of para-hydroxylation sites is 1. The van der Waals surface area contributed by atoms with Crippen LogP contribution in [0.1, 0.15) is 35.3 Å². The summed E-state index contributed by atoms with van der Waals surface area (Å²) in [5.74, 6) is -0.0882. The summed E-state index contributed by atoms with van der Waals surface area (Å²) in [6.45, 7) is 3.52. The summed E-state index contributed by atoms with van der Waals surface area (Å²) in [6.07, 6.45) is 0. The Morgan fingerprint density at radius 1 is 0.968 bits per heavy atom. The number of benzene rings is 3. The predicted molar refractivity (Wildman–Crippen MR) is 123 cm³/mol. The van der Waals surface area contributed by atoms with Gasteiger partial charge in [0.1, 0.15) is 12.4 Å². The predicted octanol–water partition coefficient (Wildman–Crippen LogP) is 5.03. The lowest BCUT2D eigenvalue weighted by atomic mass is 10.1. The van der Waals surface area contributed by atoms with Gasteiger partial charge in [-0.25, -0.2) is 5.43 Å². The number of amides is 2. The smallest absolute Gasteiger partial charge is 0.275 e. The Bertz CT molecular complexity index is 1110. The molecular weight excluding hydrogens is 414 g/mol. The number of ether oxygens (including phenoxy) is 1. The summed E-state index contributed by atoms with van der Waals surface area (Å²) in [6, 6.07) is 21.5. The number of hydrazone groups is 1. The molecule has 0 bridgehead atoms. The van der Waals surface area contributed by atoms with Crippen LogP contribution in [0.2, 0.25) is 5.02 Å².